The summed E-state index contributed by atoms with van der Waals surface area (Å²) in [4.78, 5) is 66.3. The average molecular weight is 1000 g/mol. The van der Waals surface area contributed by atoms with Gasteiger partial charge in [0, 0.05) is 38.1 Å². The second-order valence-electron chi connectivity index (χ2n) is 22.5. The van der Waals surface area contributed by atoms with Crippen molar-refractivity contribution in [3.63, 3.8) is 0 Å². The molecule has 70 heavy (non-hydrogen) atoms. The Labute approximate surface area is 412 Å². The summed E-state index contributed by atoms with van der Waals surface area (Å²) in [5, 5.41) is 61.7. The number of unbranched alkanes of at least 4 members (excludes halogenated alkanes) is 1. The number of nitrogens with one attached hydrogen (secondary N) is 5. The zero-order valence-electron chi connectivity index (χ0n) is 43.7. The van der Waals surface area contributed by atoms with Gasteiger partial charge in [-0.15, -0.1) is 0 Å². The summed E-state index contributed by atoms with van der Waals surface area (Å²) in [7, 11) is 1.34. The van der Waals surface area contributed by atoms with Gasteiger partial charge in [-0.2, -0.15) is 0 Å². The zero-order valence-corrected chi connectivity index (χ0v) is 43.7. The van der Waals surface area contributed by atoms with Gasteiger partial charge >= 0.3 is 24.4 Å². The number of carbonyl (C=O) groups is 5. The molecule has 0 spiro atoms. The van der Waals surface area contributed by atoms with Crippen LogP contribution in [0.5, 0.6) is 0 Å². The van der Waals surface area contributed by atoms with Crippen LogP contribution in [0.4, 0.5) is 19.2 Å². The van der Waals surface area contributed by atoms with Crippen molar-refractivity contribution in [1.29, 1.82) is 0 Å². The third-order valence-corrected chi connectivity index (χ3v) is 11.2. The fourth-order valence-electron chi connectivity index (χ4n) is 8.39. The summed E-state index contributed by atoms with van der Waals surface area (Å²) >= 11 is 0. The number of carbonyl (C=O) groups excluding carboxylic acids is 5. The van der Waals surface area contributed by atoms with Crippen molar-refractivity contribution >= 4 is 30.3 Å². The topological polar surface area (TPSA) is 320 Å². The van der Waals surface area contributed by atoms with Crippen LogP contribution in [0, 0.1) is 5.92 Å². The van der Waals surface area contributed by atoms with E-state index in [1.807, 2.05) is 6.08 Å². The maximum atomic E-state index is 13.9. The molecule has 5 amide bonds. The van der Waals surface area contributed by atoms with Crippen molar-refractivity contribution in [3.05, 3.63) is 11.8 Å². The lowest BCUT2D eigenvalue weighted by molar-refractivity contribution is -0.305. The molecule has 0 radical (unpaired) electrons. The predicted octanol–water partition coefficient (Wildman–Crippen LogP) is 2.00. The smallest absolute Gasteiger partial charge is 0.410 e. The van der Waals surface area contributed by atoms with Crippen molar-refractivity contribution in [2.24, 2.45) is 11.7 Å². The lowest BCUT2D eigenvalue weighted by atomic mass is 9.72. The van der Waals surface area contributed by atoms with E-state index in [9.17, 15) is 44.4 Å². The van der Waals surface area contributed by atoms with Gasteiger partial charge in [0.05, 0.1) is 31.3 Å². The fraction of sp³-hybridized carbons (Fsp3) is 0.851. The molecule has 12 atom stereocenters. The van der Waals surface area contributed by atoms with Crippen molar-refractivity contribution in [2.75, 3.05) is 39.8 Å². The maximum absolute atomic E-state index is 13.9. The van der Waals surface area contributed by atoms with Gasteiger partial charge in [0.2, 0.25) is 5.91 Å². The summed E-state index contributed by atoms with van der Waals surface area (Å²) in [6.07, 6.45) is -9.26. The largest absolute Gasteiger partial charge is 0.492 e. The van der Waals surface area contributed by atoms with Gasteiger partial charge in [0.1, 0.15) is 58.2 Å². The molecule has 2 aliphatic heterocycles. The van der Waals surface area contributed by atoms with Crippen LogP contribution in [0.2, 0.25) is 0 Å². The highest BCUT2D eigenvalue weighted by atomic mass is 16.7. The van der Waals surface area contributed by atoms with Crippen molar-refractivity contribution in [3.8, 4) is 0 Å². The molecule has 404 valence electrons. The first-order chi connectivity index (χ1) is 32.1. The highest BCUT2D eigenvalue weighted by Gasteiger charge is 2.56. The molecule has 3 aliphatic rings. The lowest BCUT2D eigenvalue weighted by Gasteiger charge is -2.52. The number of ether oxygens (including phenoxy) is 7. The third kappa shape index (κ3) is 19.4. The Morgan fingerprint density at radius 1 is 0.786 bits per heavy atom. The molecular weight excluding hydrogens is 919 g/mol. The van der Waals surface area contributed by atoms with E-state index in [1.165, 1.54) is 14.0 Å². The number of nitrogens with two attached hydrogens (primary N) is 1. The molecule has 0 aromatic carbocycles. The molecule has 0 aromatic heterocycles. The first-order valence-corrected chi connectivity index (χ1v) is 24.1. The number of amides is 5. The van der Waals surface area contributed by atoms with Gasteiger partial charge in [-0.25, -0.2) is 19.2 Å². The Kier molecular flexibility index (Phi) is 21.4. The summed E-state index contributed by atoms with van der Waals surface area (Å²) in [6.45, 7) is 21.9. The van der Waals surface area contributed by atoms with Crippen LogP contribution in [0.1, 0.15) is 122 Å². The van der Waals surface area contributed by atoms with Gasteiger partial charge in [0.15, 0.2) is 6.29 Å². The van der Waals surface area contributed by atoms with Gasteiger partial charge in [-0.05, 0) is 135 Å². The minimum Gasteiger partial charge on any atom is -0.492 e. The van der Waals surface area contributed by atoms with Gasteiger partial charge in [-0.1, -0.05) is 0 Å². The molecule has 3 rings (SSSR count). The second kappa shape index (κ2) is 24.9. The normalized spacial score (nSPS) is 29.0. The van der Waals surface area contributed by atoms with Gasteiger partial charge in [-0.3, -0.25) is 4.79 Å². The van der Waals surface area contributed by atoms with E-state index >= 15 is 0 Å². The number of likely N-dealkylation sites (N-methyl/N-ethyl adjacent to an activating group) is 1. The van der Waals surface area contributed by atoms with E-state index in [2.05, 4.69) is 26.6 Å². The monoisotopic (exact) mass is 1000 g/mol. The van der Waals surface area contributed by atoms with Crippen LogP contribution in [0.3, 0.4) is 0 Å². The molecule has 1 unspecified atom stereocenters. The summed E-state index contributed by atoms with van der Waals surface area (Å²) in [5.41, 5.74) is 0.951. The van der Waals surface area contributed by atoms with Crippen LogP contribution in [0.25, 0.3) is 0 Å². The Morgan fingerprint density at radius 2 is 1.33 bits per heavy atom. The Morgan fingerprint density at radius 3 is 1.89 bits per heavy atom. The Bertz CT molecular complexity index is 1770. The van der Waals surface area contributed by atoms with Crippen LogP contribution < -0.4 is 32.3 Å². The van der Waals surface area contributed by atoms with E-state index in [1.54, 1.807) is 83.1 Å². The van der Waals surface area contributed by atoms with E-state index in [-0.39, 0.29) is 25.9 Å². The molecule has 23 heteroatoms. The number of nitrogens with zero attached hydrogens (tertiary/aromatic N) is 1. The van der Waals surface area contributed by atoms with Gasteiger partial charge < -0.3 is 90.8 Å². The number of alkyl carbamates (subject to hydrolysis) is 3. The SMILES string of the molecule is CN(C(=O)OC(C)(C)C)[C@@H]1[C@@H](O)[C@@H](O[C@@H]2[C@@H](O)[C@H](C3OC(CN)=CC[C@H]3NCCCCNC(=O)OC(C)(C)C)[C@@H](NC(=O)OC(C)(C)C)C[C@H]2NC(=O)[C@@H](O)CCNC(=O)OC(C)(C)C)OC[C@]1(C)O. The quantitative estimate of drug-likeness (QED) is 0.0736. The first-order valence-electron chi connectivity index (χ1n) is 24.1. The first kappa shape index (κ1) is 60.1. The van der Waals surface area contributed by atoms with E-state index in [0.717, 1.165) is 4.90 Å². The molecule has 1 aliphatic carbocycles. The van der Waals surface area contributed by atoms with E-state index in [0.29, 0.717) is 38.1 Å². The molecule has 2 fully saturated rings. The van der Waals surface area contributed by atoms with Crippen LogP contribution in [-0.2, 0) is 38.0 Å². The Balaban J connectivity index is 2.04. The van der Waals surface area contributed by atoms with E-state index < -0.39 is 132 Å². The minimum atomic E-state index is -1.84. The number of aliphatic hydroxyl groups excluding tert-OH is 3. The predicted molar refractivity (Wildman–Crippen MR) is 255 cm³/mol. The summed E-state index contributed by atoms with van der Waals surface area (Å²) in [6, 6.07) is -4.17. The van der Waals surface area contributed by atoms with Crippen LogP contribution >= 0.6 is 0 Å². The van der Waals surface area contributed by atoms with Crippen LogP contribution in [0.15, 0.2) is 11.8 Å². The number of rotatable bonds is 17. The highest BCUT2D eigenvalue weighted by Crippen LogP contribution is 2.39. The summed E-state index contributed by atoms with van der Waals surface area (Å²) in [5.74, 6) is -1.59. The molecule has 23 nitrogen and oxygen atoms in total. The summed E-state index contributed by atoms with van der Waals surface area (Å²) < 4.78 is 40.7. The third-order valence-electron chi connectivity index (χ3n) is 11.2. The van der Waals surface area contributed by atoms with E-state index in [4.69, 9.17) is 38.9 Å². The zero-order chi connectivity index (χ0) is 53.2. The minimum absolute atomic E-state index is 0.000400. The molecular formula is C47H85N7O16. The second-order valence-corrected chi connectivity index (χ2v) is 22.5. The molecule has 0 aromatic rings. The number of hydrogen-bond acceptors (Lipinski definition) is 18. The van der Waals surface area contributed by atoms with Crippen molar-refractivity contribution in [1.82, 2.24) is 31.5 Å². The van der Waals surface area contributed by atoms with Crippen molar-refractivity contribution < 1.29 is 77.6 Å². The molecule has 0 bridgehead atoms. The molecule has 1 saturated heterocycles. The standard InChI is InChI=1S/C47H85N7O16/c1-43(2,3)67-39(59)50-21-16-15-20-49-27-18-17-26(24-48)65-34(27)31-28(53-41(61)69-45(7,8)9)23-29(52-37(58)30(55)19-22-51-40(60)68-44(4,5)6)35(32(31)56)66-38-33(57)36(47(13,63)25-64-38)54(14)42(62)70-46(10,11)12/h17,27-36,38,49,55-57,63H,15-16,18-25,48H2,1-14H3,(H,50,59)(H,51,60)(H,52,58)(H,53,61)/t27-,28+,29-,30+,31-,32+,33-,34?,35+,36-,38-,47+/m1/s1. The molecule has 1 saturated carbocycles. The number of aliphatic hydroxyl groups is 4. The lowest BCUT2D eigenvalue weighted by Crippen LogP contribution is -2.71. The fourth-order valence-corrected chi connectivity index (χ4v) is 8.39. The Hall–Kier alpha value is -4.23. The van der Waals surface area contributed by atoms with Crippen LogP contribution in [-0.4, -0.2) is 184 Å². The molecule has 11 N–H and O–H groups in total. The van der Waals surface area contributed by atoms with Crippen molar-refractivity contribution in [2.45, 2.75) is 211 Å². The molecule has 2 heterocycles. The average Bonchev–Trinajstić information content (AvgIpc) is 3.18. The maximum Gasteiger partial charge on any atom is 0.410 e. The number of hydrogen-bond donors (Lipinski definition) is 10. The highest BCUT2D eigenvalue weighted by molar-refractivity contribution is 5.81. The van der Waals surface area contributed by atoms with Gasteiger partial charge in [0.25, 0.3) is 0 Å².